The van der Waals surface area contributed by atoms with E-state index in [-0.39, 0.29) is 6.71 Å². The predicted molar refractivity (Wildman–Crippen MR) is 260 cm³/mol. The monoisotopic (exact) mass is 798 g/mol. The Morgan fingerprint density at radius 1 is 0.365 bits per heavy atom. The van der Waals surface area contributed by atoms with Gasteiger partial charge in [-0.15, -0.1) is 0 Å². The predicted octanol–water partition coefficient (Wildman–Crippen LogP) is 13.0. The van der Waals surface area contributed by atoms with Gasteiger partial charge in [-0.3, -0.25) is 0 Å². The number of hydrogen-bond donors (Lipinski definition) is 0. The van der Waals surface area contributed by atoms with Gasteiger partial charge in [0, 0.05) is 34.1 Å². The fourth-order valence-electron chi connectivity index (χ4n) is 12.3. The van der Waals surface area contributed by atoms with Crippen molar-refractivity contribution in [2.45, 2.75) is 5.41 Å². The molecule has 0 N–H and O–H groups in total. The van der Waals surface area contributed by atoms with E-state index in [2.05, 4.69) is 222 Å². The third kappa shape index (κ3) is 4.16. The topological polar surface area (TPSA) is 15.7 Å². The van der Waals surface area contributed by atoms with Gasteiger partial charge >= 0.3 is 0 Å². The van der Waals surface area contributed by atoms with Crippen LogP contribution in [0.1, 0.15) is 22.3 Å². The van der Waals surface area contributed by atoms with Crippen LogP contribution in [0.4, 0.5) is 34.1 Å². The number of para-hydroxylation sites is 2. The maximum absolute atomic E-state index is 7.14. The zero-order chi connectivity index (χ0) is 41.0. The first kappa shape index (κ1) is 33.6. The van der Waals surface area contributed by atoms with Crippen LogP contribution in [0.3, 0.4) is 0 Å². The lowest BCUT2D eigenvalue weighted by Crippen LogP contribution is -2.63. The molecule has 0 amide bonds. The molecule has 0 saturated carbocycles. The van der Waals surface area contributed by atoms with Gasteiger partial charge in [-0.05, 0) is 150 Å². The van der Waals surface area contributed by atoms with Gasteiger partial charge in [0.2, 0.25) is 0 Å². The van der Waals surface area contributed by atoms with Crippen LogP contribution in [0.2, 0.25) is 0 Å². The molecule has 0 unspecified atom stereocenters. The summed E-state index contributed by atoms with van der Waals surface area (Å²) in [6, 6.07) is 78.7. The summed E-state index contributed by atoms with van der Waals surface area (Å²) >= 11 is 0. The van der Waals surface area contributed by atoms with E-state index in [1.807, 2.05) is 0 Å². The number of rotatable bonds is 3. The second kappa shape index (κ2) is 12.1. The van der Waals surface area contributed by atoms with E-state index in [4.69, 9.17) is 4.74 Å². The quantitative estimate of drug-likeness (QED) is 0.166. The van der Waals surface area contributed by atoms with Crippen molar-refractivity contribution < 1.29 is 4.74 Å². The molecule has 0 fully saturated rings. The largest absolute Gasteiger partial charge is 0.458 e. The van der Waals surface area contributed by atoms with Crippen LogP contribution in [0, 0.1) is 0 Å². The number of ether oxygens (including phenoxy) is 1. The van der Waals surface area contributed by atoms with Crippen molar-refractivity contribution in [1.82, 2.24) is 0 Å². The Hall–Kier alpha value is -8.08. The molecule has 63 heavy (non-hydrogen) atoms. The molecule has 290 valence electrons. The lowest BCUT2D eigenvalue weighted by Gasteiger charge is -2.46. The SMILES string of the molecule is c1ccc(N2c3cccc4c3B3c5c(cc(-c6ccc7c8c(ccc7c6)-c6ccccc6C86c7ccccc7-c7ccccc76)cc5N(c5ccccc5)c5cccc2c53)O4)cc1. The summed E-state index contributed by atoms with van der Waals surface area (Å²) in [4.78, 5) is 4.88. The average Bonchev–Trinajstić information content (AvgIpc) is 3.82. The standard InChI is InChI=1S/C59H35BN2O/c1-3-15-39(16-4-1)61-49-25-13-26-50-56(49)60-57-51(61)27-14-28-53(57)63-54-35-38(34-52(58(54)60)62(50)40-17-5-2-6-18-40)36-29-31-41-37(33-36)30-32-45-44-21-9-12-24-48(44)59(55(41)45)46-22-10-7-19-42(46)43-20-8-11-23-47(43)59/h1-35H. The molecule has 10 aromatic carbocycles. The highest BCUT2D eigenvalue weighted by Gasteiger charge is 2.53. The van der Waals surface area contributed by atoms with Gasteiger partial charge in [0.25, 0.3) is 6.71 Å². The van der Waals surface area contributed by atoms with E-state index in [9.17, 15) is 0 Å². The maximum atomic E-state index is 7.14. The number of anilines is 6. The highest BCUT2D eigenvalue weighted by molar-refractivity contribution is 7.01. The van der Waals surface area contributed by atoms with Crippen LogP contribution in [0.25, 0.3) is 44.2 Å². The summed E-state index contributed by atoms with van der Waals surface area (Å²) in [6.45, 7) is 0.0179. The number of benzene rings is 10. The molecule has 0 saturated heterocycles. The number of nitrogens with zero attached hydrogens (tertiary/aromatic N) is 2. The van der Waals surface area contributed by atoms with Gasteiger partial charge in [-0.1, -0.05) is 146 Å². The molecule has 0 bridgehead atoms. The highest BCUT2D eigenvalue weighted by Crippen LogP contribution is 2.64. The molecular weight excluding hydrogens is 763 g/mol. The third-order valence-electron chi connectivity index (χ3n) is 14.6. The fourth-order valence-corrected chi connectivity index (χ4v) is 12.3. The molecule has 10 aromatic rings. The normalized spacial score (nSPS) is 14.5. The van der Waals surface area contributed by atoms with Crippen LogP contribution in [-0.2, 0) is 5.41 Å². The van der Waals surface area contributed by atoms with Crippen LogP contribution in [0.15, 0.2) is 212 Å². The van der Waals surface area contributed by atoms with Gasteiger partial charge in [0.15, 0.2) is 0 Å². The zero-order valence-corrected chi connectivity index (χ0v) is 34.1. The number of fused-ring (bicyclic) bond motifs is 12. The first-order valence-electron chi connectivity index (χ1n) is 22.0. The van der Waals surface area contributed by atoms with Crippen molar-refractivity contribution in [2.24, 2.45) is 0 Å². The second-order valence-corrected chi connectivity index (χ2v) is 17.5. The molecule has 3 heterocycles. The van der Waals surface area contributed by atoms with Gasteiger partial charge in [0.1, 0.15) is 11.5 Å². The van der Waals surface area contributed by atoms with Crippen LogP contribution >= 0.6 is 0 Å². The van der Waals surface area contributed by atoms with Crippen molar-refractivity contribution in [2.75, 3.05) is 9.80 Å². The van der Waals surface area contributed by atoms with Crippen molar-refractivity contribution in [3.63, 3.8) is 0 Å². The molecule has 0 aromatic heterocycles. The Morgan fingerprint density at radius 3 is 1.56 bits per heavy atom. The molecule has 1 spiro atoms. The van der Waals surface area contributed by atoms with Gasteiger partial charge in [0.05, 0.1) is 5.41 Å². The fraction of sp³-hybridized carbons (Fsp3) is 0.0169. The first-order chi connectivity index (χ1) is 31.3. The molecule has 3 nitrogen and oxygen atoms in total. The zero-order valence-electron chi connectivity index (χ0n) is 34.1. The van der Waals surface area contributed by atoms with Crippen molar-refractivity contribution in [3.05, 3.63) is 235 Å². The van der Waals surface area contributed by atoms with E-state index >= 15 is 0 Å². The second-order valence-electron chi connectivity index (χ2n) is 17.5. The summed E-state index contributed by atoms with van der Waals surface area (Å²) in [5.74, 6) is 1.83. The van der Waals surface area contributed by atoms with Gasteiger partial charge in [-0.25, -0.2) is 0 Å². The van der Waals surface area contributed by atoms with Crippen LogP contribution in [-0.4, -0.2) is 6.71 Å². The van der Waals surface area contributed by atoms with E-state index in [0.717, 1.165) is 45.4 Å². The lowest BCUT2D eigenvalue weighted by molar-refractivity contribution is 0.488. The first-order valence-corrected chi connectivity index (χ1v) is 22.0. The van der Waals surface area contributed by atoms with Crippen LogP contribution in [0.5, 0.6) is 11.5 Å². The van der Waals surface area contributed by atoms with Crippen molar-refractivity contribution in [3.8, 4) is 44.9 Å². The van der Waals surface area contributed by atoms with Crippen molar-refractivity contribution in [1.29, 1.82) is 0 Å². The van der Waals surface area contributed by atoms with Gasteiger partial charge in [-0.2, -0.15) is 0 Å². The average molecular weight is 799 g/mol. The minimum absolute atomic E-state index is 0.0179. The van der Waals surface area contributed by atoms with E-state index in [0.29, 0.717) is 0 Å². The van der Waals surface area contributed by atoms with E-state index in [1.165, 1.54) is 83.0 Å². The van der Waals surface area contributed by atoms with Crippen molar-refractivity contribution >= 4 is 68.0 Å². The smallest absolute Gasteiger partial charge is 0.261 e. The minimum atomic E-state index is -0.408. The van der Waals surface area contributed by atoms with Gasteiger partial charge < -0.3 is 14.5 Å². The Morgan fingerprint density at radius 2 is 0.905 bits per heavy atom. The molecule has 0 radical (unpaired) electrons. The molecule has 15 rings (SSSR count). The summed E-state index contributed by atoms with van der Waals surface area (Å²) in [5.41, 5.74) is 23.3. The molecule has 4 heteroatoms. The molecular formula is C59H35BN2O. The molecule has 2 aliphatic carbocycles. The summed E-state index contributed by atoms with van der Waals surface area (Å²) in [6.07, 6.45) is 0. The van der Waals surface area contributed by atoms with E-state index < -0.39 is 5.41 Å². The van der Waals surface area contributed by atoms with E-state index in [1.54, 1.807) is 0 Å². The lowest BCUT2D eigenvalue weighted by atomic mass is 9.32. The summed E-state index contributed by atoms with van der Waals surface area (Å²) in [7, 11) is 0. The highest BCUT2D eigenvalue weighted by atomic mass is 16.5. The minimum Gasteiger partial charge on any atom is -0.458 e. The third-order valence-corrected chi connectivity index (χ3v) is 14.6. The maximum Gasteiger partial charge on any atom is 0.261 e. The Kier molecular flexibility index (Phi) is 6.43. The number of hydrogen-bond acceptors (Lipinski definition) is 3. The Bertz CT molecular complexity index is 3570. The molecule has 5 aliphatic rings. The summed E-state index contributed by atoms with van der Waals surface area (Å²) in [5, 5.41) is 2.51. The summed E-state index contributed by atoms with van der Waals surface area (Å²) < 4.78 is 7.14. The molecule has 3 aliphatic heterocycles. The Labute approximate surface area is 365 Å². The molecule has 0 atom stereocenters. The Balaban J connectivity index is 0.962. The van der Waals surface area contributed by atoms with Crippen LogP contribution < -0.4 is 30.9 Å².